The first-order valence-electron chi connectivity index (χ1n) is 3.00. The van der Waals surface area contributed by atoms with Gasteiger partial charge in [0, 0.05) is 34.1 Å². The van der Waals surface area contributed by atoms with Crippen LogP contribution in [0.5, 0.6) is 0 Å². The zero-order valence-electron chi connectivity index (χ0n) is 6.58. The van der Waals surface area contributed by atoms with Gasteiger partial charge in [-0.1, -0.05) is 71.2 Å². The molecule has 0 saturated carbocycles. The Kier molecular flexibility index (Phi) is 7490. The van der Waals surface area contributed by atoms with E-state index in [0.29, 0.717) is 0 Å². The van der Waals surface area contributed by atoms with Gasteiger partial charge in [0.1, 0.15) is 0 Å². The van der Waals surface area contributed by atoms with E-state index >= 15 is 0 Å². The summed E-state index contributed by atoms with van der Waals surface area (Å²) < 4.78 is 0. The Morgan fingerprint density at radius 3 is 0.455 bits per heavy atom. The smallest absolute Gasteiger partial charge is 0 e. The molecule has 0 aliphatic carbocycles. The normalized spacial score (nSPS) is 1.64. The summed E-state index contributed by atoms with van der Waals surface area (Å²) in [5.41, 5.74) is 0. The second kappa shape index (κ2) is 930. The molecule has 0 saturated heterocycles. The van der Waals surface area contributed by atoms with E-state index in [0.717, 1.165) is 0 Å². The van der Waals surface area contributed by atoms with E-state index in [-0.39, 0.29) is 63.8 Å². The minimum Gasteiger partial charge on any atom is -0.0776 e. The summed E-state index contributed by atoms with van der Waals surface area (Å²) in [5, 5.41) is 0. The number of rotatable bonds is 0. The molecule has 0 rings (SSSR count). The Morgan fingerprint density at radius 2 is 0.455 bits per heavy atom. The molecule has 0 N–H and O–H groups in total. The first-order valence-corrected chi connectivity index (χ1v) is 3.00. The summed E-state index contributed by atoms with van der Waals surface area (Å²) in [5.74, 6) is 0. The van der Waals surface area contributed by atoms with E-state index in [4.69, 9.17) is 0 Å². The Labute approximate surface area is 105 Å². The van der Waals surface area contributed by atoms with Gasteiger partial charge in [-0.05, 0) is 0 Å². The minimum absolute atomic E-state index is 0. The summed E-state index contributed by atoms with van der Waals surface area (Å²) in [4.78, 5) is 0. The first kappa shape index (κ1) is 88.6. The molecule has 79 valence electrons. The largest absolute Gasteiger partial charge is 0.0776 e. The molecule has 0 aliphatic heterocycles. The first-order chi connectivity index (χ1) is 3.00. The molecule has 0 unspecified atom stereocenters. The molecule has 11 heavy (non-hydrogen) atoms. The summed E-state index contributed by atoms with van der Waals surface area (Å²) in [7, 11) is 0. The van der Waals surface area contributed by atoms with Crippen LogP contribution >= 0.6 is 0 Å². The molecule has 0 atom stereocenters. The van der Waals surface area contributed by atoms with Crippen LogP contribution in [-0.2, 0) is 32.7 Å². The predicted octanol–water partition coefficient (Wildman–Crippen LogP) is 5.87. The molecule has 0 spiro atoms. The van der Waals surface area contributed by atoms with Crippen LogP contribution in [-0.4, -0.2) is 0 Å². The SMILES string of the molecule is C.C.C.C.CC.CC.CC.[2HH].[Y]. The zero-order valence-corrected chi connectivity index (χ0v) is 9.42. The summed E-state index contributed by atoms with van der Waals surface area (Å²) in [6.45, 7) is 12.0. The van der Waals surface area contributed by atoms with Crippen molar-refractivity contribution in [2.24, 2.45) is 0 Å². The van der Waals surface area contributed by atoms with Gasteiger partial charge in [0.25, 0.3) is 0 Å². The summed E-state index contributed by atoms with van der Waals surface area (Å²) in [6.07, 6.45) is 0. The quantitative estimate of drug-likeness (QED) is 0.501. The molecule has 0 nitrogen and oxygen atoms in total. The van der Waals surface area contributed by atoms with Gasteiger partial charge in [-0.25, -0.2) is 0 Å². The molecule has 0 aromatic carbocycles. The van der Waals surface area contributed by atoms with Gasteiger partial charge in [-0.2, -0.15) is 0 Å². The van der Waals surface area contributed by atoms with E-state index in [1.807, 2.05) is 41.5 Å². The molecule has 0 fully saturated rings. The second-order valence-corrected chi connectivity index (χ2v) is 0. The van der Waals surface area contributed by atoms with Crippen LogP contribution in [0, 0.1) is 0 Å². The van der Waals surface area contributed by atoms with Crippen molar-refractivity contribution in [3.05, 3.63) is 0 Å². The van der Waals surface area contributed by atoms with Gasteiger partial charge >= 0.3 is 0 Å². The van der Waals surface area contributed by atoms with Gasteiger partial charge in [-0.3, -0.25) is 0 Å². The van der Waals surface area contributed by atoms with E-state index in [1.54, 1.807) is 0 Å². The van der Waals surface area contributed by atoms with Crippen molar-refractivity contribution in [3.63, 3.8) is 0 Å². The van der Waals surface area contributed by atoms with Crippen molar-refractivity contribution in [2.45, 2.75) is 71.2 Å². The van der Waals surface area contributed by atoms with Crippen LogP contribution in [0.4, 0.5) is 0 Å². The van der Waals surface area contributed by atoms with Crippen LogP contribution in [0.25, 0.3) is 0 Å². The fourth-order valence-corrected chi connectivity index (χ4v) is 0. The topological polar surface area (TPSA) is 0 Å². The fourth-order valence-electron chi connectivity index (χ4n) is 0. The molecule has 0 aromatic rings. The molecular formula is C10H36Y. The van der Waals surface area contributed by atoms with Gasteiger partial charge in [0.2, 0.25) is 0 Å². The zero-order chi connectivity index (χ0) is 6.00. The summed E-state index contributed by atoms with van der Waals surface area (Å²) in [6, 6.07) is 0. The molecule has 0 aliphatic rings. The monoisotopic (exact) mass is 246 g/mol. The molecule has 0 heterocycles. The van der Waals surface area contributed by atoms with E-state index in [2.05, 4.69) is 0 Å². The maximum atomic E-state index is 2.00. The number of hydrogen-bond acceptors (Lipinski definition) is 0. The number of hydrogen-bond donors (Lipinski definition) is 0. The third kappa shape index (κ3) is 755. The third-order valence-electron chi connectivity index (χ3n) is 0. The van der Waals surface area contributed by atoms with Crippen LogP contribution in [0.1, 0.15) is 72.7 Å². The molecular weight excluding hydrogens is 209 g/mol. The van der Waals surface area contributed by atoms with Crippen LogP contribution in [0.15, 0.2) is 0 Å². The van der Waals surface area contributed by atoms with Crippen molar-refractivity contribution >= 4 is 0 Å². The standard InChI is InChI=1S/3C2H6.4CH4.Y.H2/c3*1-2;;;;;;/h3*1-2H3;4*1H4;;1H/i;;;;;;;;1+1. The fraction of sp³-hybridized carbons (Fsp3) is 1.00. The Bertz CT molecular complexity index is 9.80. The third-order valence-corrected chi connectivity index (χ3v) is 0. The van der Waals surface area contributed by atoms with Gasteiger partial charge in [-0.15, -0.1) is 0 Å². The van der Waals surface area contributed by atoms with Gasteiger partial charge in [0.05, 0.1) is 0 Å². The van der Waals surface area contributed by atoms with Crippen LogP contribution in [0.2, 0.25) is 0 Å². The van der Waals surface area contributed by atoms with Crippen molar-refractivity contribution in [1.82, 2.24) is 0 Å². The maximum absolute atomic E-state index is 2.00. The molecule has 1 heteroatoms. The maximum Gasteiger partial charge on any atom is 0 e. The van der Waals surface area contributed by atoms with Gasteiger partial charge in [0.15, 0.2) is 0 Å². The average Bonchev–Trinajstić information content (AvgIpc) is 1.81. The average molecular weight is 246 g/mol. The molecule has 0 bridgehead atoms. The minimum atomic E-state index is 0. The Morgan fingerprint density at radius 1 is 0.455 bits per heavy atom. The predicted molar refractivity (Wildman–Crippen MR) is 63.1 cm³/mol. The van der Waals surface area contributed by atoms with Crippen molar-refractivity contribution < 1.29 is 34.1 Å². The van der Waals surface area contributed by atoms with Gasteiger partial charge < -0.3 is 0 Å². The molecule has 1 radical (unpaired) electrons. The Hall–Kier alpha value is 1.10. The van der Waals surface area contributed by atoms with Crippen molar-refractivity contribution in [1.29, 1.82) is 0 Å². The van der Waals surface area contributed by atoms with Crippen molar-refractivity contribution in [3.8, 4) is 0 Å². The van der Waals surface area contributed by atoms with Crippen molar-refractivity contribution in [2.75, 3.05) is 0 Å². The van der Waals surface area contributed by atoms with E-state index in [1.165, 1.54) is 0 Å². The van der Waals surface area contributed by atoms with Crippen LogP contribution in [0.3, 0.4) is 0 Å². The molecule has 0 amide bonds. The van der Waals surface area contributed by atoms with E-state index in [9.17, 15) is 0 Å². The molecule has 0 aromatic heterocycles. The van der Waals surface area contributed by atoms with E-state index < -0.39 is 0 Å². The van der Waals surface area contributed by atoms with Crippen LogP contribution < -0.4 is 0 Å². The Balaban J connectivity index is -0.00000000129. The summed E-state index contributed by atoms with van der Waals surface area (Å²) >= 11 is 0. The second-order valence-electron chi connectivity index (χ2n) is 0.